The Morgan fingerprint density at radius 3 is 2.74 bits per heavy atom. The molecule has 0 saturated heterocycles. The summed E-state index contributed by atoms with van der Waals surface area (Å²) in [6, 6.07) is 12.5. The van der Waals surface area contributed by atoms with Gasteiger partial charge in [-0.3, -0.25) is 9.10 Å². The summed E-state index contributed by atoms with van der Waals surface area (Å²) < 4.78 is 31.4. The van der Waals surface area contributed by atoms with Crippen LogP contribution < -0.4 is 14.4 Å². The van der Waals surface area contributed by atoms with Gasteiger partial charge in [0.05, 0.1) is 11.9 Å². The standard InChI is InChI=1S/C19H21ClN2O4S/c1-13-5-3-4-6-14(13)12-21-19(23)18-9-10-22(27(2,24)25)16-11-15(20)7-8-17(16)26-18/h3-8,11,18H,9-10,12H2,1-2H3,(H,21,23)/t18-/m0/s1. The summed E-state index contributed by atoms with van der Waals surface area (Å²) in [5.41, 5.74) is 2.45. The second-order valence-electron chi connectivity index (χ2n) is 6.49. The number of hydrogen-bond donors (Lipinski definition) is 1. The Morgan fingerprint density at radius 2 is 2.04 bits per heavy atom. The molecule has 1 aliphatic heterocycles. The minimum absolute atomic E-state index is 0.134. The van der Waals surface area contributed by atoms with E-state index >= 15 is 0 Å². The van der Waals surface area contributed by atoms with Gasteiger partial charge in [0.25, 0.3) is 5.91 Å². The molecule has 0 spiro atoms. The van der Waals surface area contributed by atoms with Gasteiger partial charge in [0, 0.05) is 24.5 Å². The molecule has 0 fully saturated rings. The average molecular weight is 409 g/mol. The highest BCUT2D eigenvalue weighted by Gasteiger charge is 2.31. The Labute approximate surface area is 164 Å². The summed E-state index contributed by atoms with van der Waals surface area (Å²) in [6.45, 7) is 2.50. The number of anilines is 1. The van der Waals surface area contributed by atoms with E-state index in [0.717, 1.165) is 17.4 Å². The predicted octanol–water partition coefficient (Wildman–Crippen LogP) is 2.88. The van der Waals surface area contributed by atoms with E-state index in [2.05, 4.69) is 5.32 Å². The van der Waals surface area contributed by atoms with Crippen LogP contribution >= 0.6 is 11.6 Å². The molecular weight excluding hydrogens is 388 g/mol. The van der Waals surface area contributed by atoms with Crippen molar-refractivity contribution in [3.05, 3.63) is 58.6 Å². The van der Waals surface area contributed by atoms with Crippen molar-refractivity contribution >= 4 is 33.2 Å². The second kappa shape index (κ2) is 7.78. The van der Waals surface area contributed by atoms with E-state index in [4.69, 9.17) is 16.3 Å². The van der Waals surface area contributed by atoms with Crippen molar-refractivity contribution < 1.29 is 17.9 Å². The molecule has 1 N–H and O–H groups in total. The third-order valence-corrected chi connectivity index (χ3v) is 5.88. The van der Waals surface area contributed by atoms with E-state index in [0.29, 0.717) is 23.0 Å². The summed E-state index contributed by atoms with van der Waals surface area (Å²) in [6.07, 6.45) is 0.565. The fourth-order valence-corrected chi connectivity index (χ4v) is 4.09. The highest BCUT2D eigenvalue weighted by atomic mass is 35.5. The Morgan fingerprint density at radius 1 is 1.30 bits per heavy atom. The van der Waals surface area contributed by atoms with Crippen molar-refractivity contribution in [3.63, 3.8) is 0 Å². The summed E-state index contributed by atoms with van der Waals surface area (Å²) in [5.74, 6) is 0.0351. The predicted molar refractivity (Wildman–Crippen MR) is 106 cm³/mol. The molecule has 2 aromatic carbocycles. The van der Waals surface area contributed by atoms with Crippen LogP contribution in [0, 0.1) is 6.92 Å². The minimum Gasteiger partial charge on any atom is -0.478 e. The van der Waals surface area contributed by atoms with E-state index < -0.39 is 16.1 Å². The lowest BCUT2D eigenvalue weighted by Crippen LogP contribution is -2.39. The molecule has 0 unspecified atom stereocenters. The molecule has 0 saturated carbocycles. The summed E-state index contributed by atoms with van der Waals surface area (Å²) in [4.78, 5) is 12.6. The molecule has 3 rings (SSSR count). The van der Waals surface area contributed by atoms with Crippen molar-refractivity contribution in [3.8, 4) is 5.75 Å². The molecule has 6 nitrogen and oxygen atoms in total. The molecule has 27 heavy (non-hydrogen) atoms. The van der Waals surface area contributed by atoms with Gasteiger partial charge in [0.1, 0.15) is 5.75 Å². The smallest absolute Gasteiger partial charge is 0.261 e. The first kappa shape index (κ1) is 19.5. The van der Waals surface area contributed by atoms with Crippen LogP contribution in [0.1, 0.15) is 17.5 Å². The summed E-state index contributed by atoms with van der Waals surface area (Å²) in [5, 5.41) is 3.27. The molecule has 8 heteroatoms. The van der Waals surface area contributed by atoms with Crippen molar-refractivity contribution in [1.82, 2.24) is 5.32 Å². The Balaban J connectivity index is 1.79. The van der Waals surface area contributed by atoms with Crippen LogP contribution in [0.25, 0.3) is 0 Å². The van der Waals surface area contributed by atoms with Gasteiger partial charge in [-0.05, 0) is 36.2 Å². The van der Waals surface area contributed by atoms with Gasteiger partial charge >= 0.3 is 0 Å². The molecule has 0 aliphatic carbocycles. The molecule has 1 aliphatic rings. The quantitative estimate of drug-likeness (QED) is 0.844. The lowest BCUT2D eigenvalue weighted by molar-refractivity contribution is -0.128. The zero-order valence-corrected chi connectivity index (χ0v) is 16.7. The lowest BCUT2D eigenvalue weighted by Gasteiger charge is -2.21. The number of halogens is 1. The zero-order chi connectivity index (χ0) is 19.6. The molecule has 0 radical (unpaired) electrons. The van der Waals surface area contributed by atoms with Gasteiger partial charge in [-0.1, -0.05) is 35.9 Å². The number of hydrogen-bond acceptors (Lipinski definition) is 4. The highest BCUT2D eigenvalue weighted by Crippen LogP contribution is 2.36. The third kappa shape index (κ3) is 4.54. The maximum atomic E-state index is 12.6. The maximum absolute atomic E-state index is 12.6. The largest absolute Gasteiger partial charge is 0.478 e. The molecule has 0 aromatic heterocycles. The van der Waals surface area contributed by atoms with Gasteiger partial charge in [0.15, 0.2) is 6.10 Å². The van der Waals surface area contributed by atoms with Gasteiger partial charge < -0.3 is 10.1 Å². The SMILES string of the molecule is Cc1ccccc1CNC(=O)[C@@H]1CCN(S(C)(=O)=O)c2cc(Cl)ccc2O1. The maximum Gasteiger partial charge on any atom is 0.261 e. The highest BCUT2D eigenvalue weighted by molar-refractivity contribution is 7.92. The second-order valence-corrected chi connectivity index (χ2v) is 8.83. The number of aryl methyl sites for hydroxylation is 1. The van der Waals surface area contributed by atoms with E-state index in [9.17, 15) is 13.2 Å². The number of nitrogens with one attached hydrogen (secondary N) is 1. The van der Waals surface area contributed by atoms with Gasteiger partial charge in [0.2, 0.25) is 10.0 Å². The topological polar surface area (TPSA) is 75.7 Å². The molecule has 2 aromatic rings. The fourth-order valence-electron chi connectivity index (χ4n) is 2.99. The number of rotatable bonds is 4. The molecule has 0 bridgehead atoms. The van der Waals surface area contributed by atoms with E-state index in [1.165, 1.54) is 10.4 Å². The van der Waals surface area contributed by atoms with E-state index in [1.807, 2.05) is 31.2 Å². The van der Waals surface area contributed by atoms with Crippen LogP contribution in [0.2, 0.25) is 5.02 Å². The number of fused-ring (bicyclic) bond motifs is 1. The number of carbonyl (C=O) groups excluding carboxylic acids is 1. The summed E-state index contributed by atoms with van der Waals surface area (Å²) in [7, 11) is -3.53. The fraction of sp³-hybridized carbons (Fsp3) is 0.316. The average Bonchev–Trinajstić information content (AvgIpc) is 2.80. The first-order chi connectivity index (χ1) is 12.8. The Kier molecular flexibility index (Phi) is 5.62. The van der Waals surface area contributed by atoms with Crippen molar-refractivity contribution in [2.45, 2.75) is 26.0 Å². The normalized spacial score (nSPS) is 16.9. The number of ether oxygens (including phenoxy) is 1. The molecule has 144 valence electrons. The van der Waals surface area contributed by atoms with Crippen molar-refractivity contribution in [1.29, 1.82) is 0 Å². The number of nitrogens with zero attached hydrogens (tertiary/aromatic N) is 1. The Bertz CT molecular complexity index is 962. The molecule has 1 atom stereocenters. The Hall–Kier alpha value is -2.25. The van der Waals surface area contributed by atoms with Gasteiger partial charge in [-0.2, -0.15) is 0 Å². The van der Waals surface area contributed by atoms with Crippen LogP contribution in [-0.4, -0.2) is 33.2 Å². The summed E-state index contributed by atoms with van der Waals surface area (Å²) >= 11 is 6.02. The molecular formula is C19H21ClN2O4S. The minimum atomic E-state index is -3.53. The third-order valence-electron chi connectivity index (χ3n) is 4.46. The van der Waals surface area contributed by atoms with Crippen LogP contribution in [0.3, 0.4) is 0 Å². The molecule has 1 amide bonds. The lowest BCUT2D eigenvalue weighted by atomic mass is 10.1. The van der Waals surface area contributed by atoms with Gasteiger partial charge in [-0.15, -0.1) is 0 Å². The van der Waals surface area contributed by atoms with E-state index in [-0.39, 0.29) is 18.9 Å². The van der Waals surface area contributed by atoms with Crippen LogP contribution in [0.5, 0.6) is 5.75 Å². The van der Waals surface area contributed by atoms with Crippen molar-refractivity contribution in [2.75, 3.05) is 17.1 Å². The zero-order valence-electron chi connectivity index (χ0n) is 15.1. The number of amides is 1. The monoisotopic (exact) mass is 408 g/mol. The first-order valence-corrected chi connectivity index (χ1v) is 10.7. The van der Waals surface area contributed by atoms with Crippen LogP contribution in [-0.2, 0) is 21.4 Å². The first-order valence-electron chi connectivity index (χ1n) is 8.52. The van der Waals surface area contributed by atoms with Gasteiger partial charge in [-0.25, -0.2) is 8.42 Å². The van der Waals surface area contributed by atoms with Crippen LogP contribution in [0.4, 0.5) is 5.69 Å². The van der Waals surface area contributed by atoms with E-state index in [1.54, 1.807) is 12.1 Å². The van der Waals surface area contributed by atoms with Crippen LogP contribution in [0.15, 0.2) is 42.5 Å². The number of sulfonamides is 1. The molecule has 1 heterocycles. The van der Waals surface area contributed by atoms with Crippen molar-refractivity contribution in [2.24, 2.45) is 0 Å². The number of carbonyl (C=O) groups is 1. The number of benzene rings is 2.